The zero-order valence-corrected chi connectivity index (χ0v) is 9.48. The zero-order chi connectivity index (χ0) is 11.5. The Balaban J connectivity index is 2.59. The average molecular weight is 282 g/mol. The Morgan fingerprint density at radius 1 is 1.50 bits per heavy atom. The van der Waals surface area contributed by atoms with E-state index in [0.717, 1.165) is 10.5 Å². The number of benzene rings is 1. The minimum atomic E-state index is -0.469. The van der Waals surface area contributed by atoms with Crippen LogP contribution in [0.1, 0.15) is 0 Å². The first-order chi connectivity index (χ1) is 7.70. The van der Waals surface area contributed by atoms with E-state index in [1.54, 1.807) is 12.4 Å². The molecule has 0 aliphatic carbocycles. The minimum absolute atomic E-state index is 0.186. The molecule has 0 unspecified atom stereocenters. The predicted molar refractivity (Wildman–Crippen MR) is 59.0 cm³/mol. The molecule has 0 radical (unpaired) electrons. The molecular weight excluding hydrogens is 277 g/mol. The minimum Gasteiger partial charge on any atom is -0.238 e. The van der Waals surface area contributed by atoms with E-state index in [4.69, 9.17) is 0 Å². The number of aliphatic imine (C=N–C) groups is 1. The van der Waals surface area contributed by atoms with E-state index in [-0.39, 0.29) is 5.69 Å². The topological polar surface area (TPSA) is 47.2 Å². The molecule has 6 heteroatoms. The number of hydrogen-bond donors (Lipinski definition) is 0. The fourth-order valence-electron chi connectivity index (χ4n) is 1.26. The Hall–Kier alpha value is -1.78. The third-order valence-electron chi connectivity index (χ3n) is 1.90. The van der Waals surface area contributed by atoms with Gasteiger partial charge in [-0.2, -0.15) is 10.1 Å². The maximum Gasteiger partial charge on any atom is 0.240 e. The Labute approximate surface area is 98.6 Å². The lowest BCUT2D eigenvalue weighted by Gasteiger charge is -2.03. The molecule has 2 rings (SSSR count). The van der Waals surface area contributed by atoms with Crippen LogP contribution in [0.3, 0.4) is 0 Å². The van der Waals surface area contributed by atoms with E-state index < -0.39 is 5.82 Å². The van der Waals surface area contributed by atoms with Gasteiger partial charge in [-0.3, -0.25) is 0 Å². The van der Waals surface area contributed by atoms with Crippen molar-refractivity contribution in [1.29, 1.82) is 0 Å². The highest BCUT2D eigenvalue weighted by Crippen LogP contribution is 2.24. The average Bonchev–Trinajstić information content (AvgIpc) is 2.65. The summed E-state index contributed by atoms with van der Waals surface area (Å²) in [6.07, 6.45) is 4.64. The molecule has 4 nitrogen and oxygen atoms in total. The molecule has 0 aliphatic heterocycles. The molecule has 16 heavy (non-hydrogen) atoms. The van der Waals surface area contributed by atoms with E-state index in [2.05, 4.69) is 26.0 Å². The molecule has 0 N–H and O–H groups in total. The molecule has 0 fully saturated rings. The van der Waals surface area contributed by atoms with Crippen LogP contribution in [0.2, 0.25) is 0 Å². The van der Waals surface area contributed by atoms with Crippen molar-refractivity contribution in [3.63, 3.8) is 0 Å². The van der Waals surface area contributed by atoms with Crippen molar-refractivity contribution in [2.24, 2.45) is 4.99 Å². The van der Waals surface area contributed by atoms with Gasteiger partial charge in [0.05, 0.1) is 16.4 Å². The van der Waals surface area contributed by atoms with Gasteiger partial charge in [-0.15, -0.1) is 0 Å². The lowest BCUT2D eigenvalue weighted by Crippen LogP contribution is -1.94. The first-order valence-corrected chi connectivity index (χ1v) is 5.08. The summed E-state index contributed by atoms with van der Waals surface area (Å²) in [5.41, 5.74) is 0.695. The fraction of sp³-hybridized carbons (Fsp3) is 0. The molecule has 80 valence electrons. The molecule has 0 atom stereocenters. The SMILES string of the molecule is O=C=Nc1cc(F)ccc1-n1cc(Br)cn1. The van der Waals surface area contributed by atoms with Gasteiger partial charge in [0.15, 0.2) is 0 Å². The number of halogens is 2. The van der Waals surface area contributed by atoms with Crippen LogP contribution < -0.4 is 0 Å². The quantitative estimate of drug-likeness (QED) is 0.628. The first-order valence-electron chi connectivity index (χ1n) is 4.28. The molecule has 1 aromatic heterocycles. The third kappa shape index (κ3) is 2.08. The summed E-state index contributed by atoms with van der Waals surface area (Å²) in [5.74, 6) is -0.469. The van der Waals surface area contributed by atoms with Gasteiger partial charge in [0.2, 0.25) is 6.08 Å². The summed E-state index contributed by atoms with van der Waals surface area (Å²) in [6.45, 7) is 0. The van der Waals surface area contributed by atoms with Gasteiger partial charge >= 0.3 is 0 Å². The van der Waals surface area contributed by atoms with E-state index in [1.807, 2.05) is 0 Å². The molecule has 1 heterocycles. The van der Waals surface area contributed by atoms with Crippen molar-refractivity contribution in [3.8, 4) is 5.69 Å². The van der Waals surface area contributed by atoms with Crippen LogP contribution in [-0.4, -0.2) is 15.9 Å². The Kier molecular flexibility index (Phi) is 2.94. The Morgan fingerprint density at radius 2 is 2.31 bits per heavy atom. The van der Waals surface area contributed by atoms with Gasteiger partial charge < -0.3 is 0 Å². The van der Waals surface area contributed by atoms with Crippen molar-refractivity contribution >= 4 is 27.7 Å². The first kappa shape index (κ1) is 10.7. The summed E-state index contributed by atoms with van der Waals surface area (Å²) in [7, 11) is 0. The van der Waals surface area contributed by atoms with Crippen LogP contribution in [0, 0.1) is 5.82 Å². The summed E-state index contributed by atoms with van der Waals surface area (Å²) in [5, 5.41) is 4.02. The van der Waals surface area contributed by atoms with Gasteiger partial charge in [-0.1, -0.05) is 0 Å². The highest BCUT2D eigenvalue weighted by Gasteiger charge is 2.06. The summed E-state index contributed by atoms with van der Waals surface area (Å²) in [6, 6.07) is 3.91. The molecule has 0 bridgehead atoms. The van der Waals surface area contributed by atoms with Crippen molar-refractivity contribution in [2.45, 2.75) is 0 Å². The fourth-order valence-corrected chi connectivity index (χ4v) is 1.55. The standard InChI is InChI=1S/C10H5BrFN3O/c11-7-4-14-15(5-7)10-2-1-8(12)3-9(10)13-6-16/h1-5H. The summed E-state index contributed by atoms with van der Waals surface area (Å²) < 4.78 is 15.2. The van der Waals surface area contributed by atoms with Crippen molar-refractivity contribution in [2.75, 3.05) is 0 Å². The molecule has 0 amide bonds. The van der Waals surface area contributed by atoms with E-state index in [1.165, 1.54) is 22.9 Å². The highest BCUT2D eigenvalue weighted by molar-refractivity contribution is 9.10. The number of isocyanates is 1. The lowest BCUT2D eigenvalue weighted by atomic mass is 10.2. The van der Waals surface area contributed by atoms with Gasteiger partial charge in [-0.05, 0) is 28.1 Å². The number of hydrogen-bond acceptors (Lipinski definition) is 3. The van der Waals surface area contributed by atoms with Crippen molar-refractivity contribution in [1.82, 2.24) is 9.78 Å². The van der Waals surface area contributed by atoms with E-state index >= 15 is 0 Å². The smallest absolute Gasteiger partial charge is 0.238 e. The number of rotatable bonds is 2. The molecule has 2 aromatic rings. The molecule has 0 spiro atoms. The number of carbonyl (C=O) groups excluding carboxylic acids is 1. The van der Waals surface area contributed by atoms with E-state index in [0.29, 0.717) is 5.69 Å². The molecule has 1 aromatic carbocycles. The molecule has 0 saturated heterocycles. The van der Waals surface area contributed by atoms with Crippen molar-refractivity contribution in [3.05, 3.63) is 40.9 Å². The van der Waals surface area contributed by atoms with Gasteiger partial charge in [0, 0.05) is 12.3 Å². The maximum absolute atomic E-state index is 13.0. The van der Waals surface area contributed by atoms with Crippen LogP contribution in [0.15, 0.2) is 40.1 Å². The largest absolute Gasteiger partial charge is 0.240 e. The Morgan fingerprint density at radius 3 is 2.94 bits per heavy atom. The lowest BCUT2D eigenvalue weighted by molar-refractivity contribution is 0.565. The molecule has 0 aliphatic rings. The van der Waals surface area contributed by atoms with Crippen LogP contribution >= 0.6 is 15.9 Å². The van der Waals surface area contributed by atoms with Gasteiger partial charge in [-0.25, -0.2) is 13.9 Å². The second-order valence-electron chi connectivity index (χ2n) is 2.94. The zero-order valence-electron chi connectivity index (χ0n) is 7.89. The van der Waals surface area contributed by atoms with Crippen LogP contribution in [0.25, 0.3) is 5.69 Å². The summed E-state index contributed by atoms with van der Waals surface area (Å²) in [4.78, 5) is 13.7. The monoisotopic (exact) mass is 281 g/mol. The maximum atomic E-state index is 13.0. The van der Waals surface area contributed by atoms with Crippen molar-refractivity contribution < 1.29 is 9.18 Å². The van der Waals surface area contributed by atoms with Crippen LogP contribution in [0.5, 0.6) is 0 Å². The van der Waals surface area contributed by atoms with Gasteiger partial charge in [0.25, 0.3) is 0 Å². The predicted octanol–water partition coefficient (Wildman–Crippen LogP) is 2.74. The molecule has 0 saturated carbocycles. The second-order valence-corrected chi connectivity index (χ2v) is 3.85. The van der Waals surface area contributed by atoms with Crippen LogP contribution in [0.4, 0.5) is 10.1 Å². The molecular formula is C10H5BrFN3O. The Bertz CT molecular complexity index is 575. The highest BCUT2D eigenvalue weighted by atomic mass is 79.9. The normalized spacial score (nSPS) is 9.88. The number of nitrogens with zero attached hydrogens (tertiary/aromatic N) is 3. The second kappa shape index (κ2) is 4.38. The van der Waals surface area contributed by atoms with E-state index in [9.17, 15) is 9.18 Å². The summed E-state index contributed by atoms with van der Waals surface area (Å²) >= 11 is 3.24. The third-order valence-corrected chi connectivity index (χ3v) is 2.31. The van der Waals surface area contributed by atoms with Gasteiger partial charge in [0.1, 0.15) is 11.5 Å². The van der Waals surface area contributed by atoms with Crippen LogP contribution in [-0.2, 0) is 4.79 Å². The number of aromatic nitrogens is 2.